The zero-order chi connectivity index (χ0) is 28.1. The lowest BCUT2D eigenvalue weighted by atomic mass is 10.1. The SMILES string of the molecule is CSCCC(NC(=O)C(N)Cc1ccccc1)C(=O)NC(CC(=O)O)C(=O)NC(Cc1cnc[nH]1)C(=O)O. The van der Waals surface area contributed by atoms with Crippen LogP contribution in [0.1, 0.15) is 24.1 Å². The van der Waals surface area contributed by atoms with Gasteiger partial charge in [-0.05, 0) is 30.4 Å². The minimum atomic E-state index is -1.59. The van der Waals surface area contributed by atoms with E-state index in [2.05, 4.69) is 25.9 Å². The summed E-state index contributed by atoms with van der Waals surface area (Å²) in [6.07, 6.45) is 4.03. The van der Waals surface area contributed by atoms with Gasteiger partial charge in [-0.2, -0.15) is 11.8 Å². The van der Waals surface area contributed by atoms with Crippen molar-refractivity contribution in [2.45, 2.75) is 49.9 Å². The number of carbonyl (C=O) groups excluding carboxylic acids is 3. The van der Waals surface area contributed by atoms with Crippen LogP contribution in [0, 0.1) is 0 Å². The second-order valence-electron chi connectivity index (χ2n) is 8.48. The average molecular weight is 549 g/mol. The molecule has 0 aliphatic heterocycles. The van der Waals surface area contributed by atoms with Gasteiger partial charge in [0.05, 0.1) is 18.8 Å². The zero-order valence-corrected chi connectivity index (χ0v) is 21.6. The van der Waals surface area contributed by atoms with Crippen molar-refractivity contribution in [3.05, 3.63) is 54.1 Å². The molecule has 2 aromatic rings. The number of aromatic nitrogens is 2. The summed E-state index contributed by atoms with van der Waals surface area (Å²) in [6, 6.07) is 4.05. The van der Waals surface area contributed by atoms with E-state index in [1.165, 1.54) is 24.3 Å². The van der Waals surface area contributed by atoms with Crippen LogP contribution in [0.4, 0.5) is 0 Å². The molecular formula is C24H32N6O7S. The lowest BCUT2D eigenvalue weighted by Gasteiger charge is -2.24. The molecule has 206 valence electrons. The van der Waals surface area contributed by atoms with Gasteiger partial charge in [0.15, 0.2) is 0 Å². The van der Waals surface area contributed by atoms with Crippen LogP contribution < -0.4 is 21.7 Å². The molecule has 1 aromatic carbocycles. The number of aliphatic carboxylic acids is 2. The molecule has 0 saturated heterocycles. The van der Waals surface area contributed by atoms with Crippen molar-refractivity contribution < 1.29 is 34.2 Å². The molecule has 4 atom stereocenters. The molecular weight excluding hydrogens is 516 g/mol. The molecule has 2 rings (SSSR count). The Morgan fingerprint density at radius 3 is 2.16 bits per heavy atom. The van der Waals surface area contributed by atoms with Crippen molar-refractivity contribution in [3.63, 3.8) is 0 Å². The normalized spacial score (nSPS) is 13.9. The van der Waals surface area contributed by atoms with Crippen LogP contribution in [0.2, 0.25) is 0 Å². The third-order valence-electron chi connectivity index (χ3n) is 5.48. The number of imidazole rings is 1. The predicted molar refractivity (Wildman–Crippen MR) is 139 cm³/mol. The summed E-state index contributed by atoms with van der Waals surface area (Å²) >= 11 is 1.43. The Morgan fingerprint density at radius 2 is 1.58 bits per heavy atom. The molecule has 13 nitrogen and oxygen atoms in total. The van der Waals surface area contributed by atoms with Gasteiger partial charge in [0.1, 0.15) is 18.1 Å². The van der Waals surface area contributed by atoms with E-state index in [4.69, 9.17) is 5.73 Å². The molecule has 8 N–H and O–H groups in total. The van der Waals surface area contributed by atoms with Gasteiger partial charge in [-0.3, -0.25) is 19.2 Å². The van der Waals surface area contributed by atoms with E-state index in [0.29, 0.717) is 11.4 Å². The van der Waals surface area contributed by atoms with Crippen LogP contribution in [0.3, 0.4) is 0 Å². The number of amides is 3. The standard InChI is InChI=1S/C24H32N6O7S/c1-38-8-7-17(28-21(33)16(25)9-14-5-3-2-4-6-14)22(34)29-18(11-20(31)32)23(35)30-19(24(36)37)10-15-12-26-13-27-15/h2-6,12-13,16-19H,7-11,25H2,1H3,(H,26,27)(H,28,33)(H,29,34)(H,30,35)(H,31,32)(H,36,37). The Bertz CT molecular complexity index is 1080. The van der Waals surface area contributed by atoms with Crippen LogP contribution >= 0.6 is 11.8 Å². The van der Waals surface area contributed by atoms with Gasteiger partial charge in [0.25, 0.3) is 0 Å². The maximum absolute atomic E-state index is 13.1. The molecule has 0 spiro atoms. The molecule has 0 radical (unpaired) electrons. The maximum atomic E-state index is 13.1. The van der Waals surface area contributed by atoms with Crippen LogP contribution in [-0.2, 0) is 36.8 Å². The summed E-state index contributed by atoms with van der Waals surface area (Å²) < 4.78 is 0. The number of hydrogen-bond acceptors (Lipinski definition) is 8. The number of carbonyl (C=O) groups is 5. The van der Waals surface area contributed by atoms with Crippen LogP contribution in [0.25, 0.3) is 0 Å². The molecule has 3 amide bonds. The highest BCUT2D eigenvalue weighted by Gasteiger charge is 2.31. The summed E-state index contributed by atoms with van der Waals surface area (Å²) in [5.74, 6) is -4.64. The molecule has 0 aliphatic rings. The van der Waals surface area contributed by atoms with E-state index >= 15 is 0 Å². The van der Waals surface area contributed by atoms with Crippen molar-refractivity contribution >= 4 is 41.4 Å². The summed E-state index contributed by atoms with van der Waals surface area (Å²) in [4.78, 5) is 68.2. The first-order valence-corrected chi connectivity index (χ1v) is 13.1. The number of aromatic amines is 1. The van der Waals surface area contributed by atoms with Gasteiger partial charge in [-0.25, -0.2) is 9.78 Å². The van der Waals surface area contributed by atoms with E-state index in [9.17, 15) is 34.2 Å². The Balaban J connectivity index is 2.10. The van der Waals surface area contributed by atoms with Gasteiger partial charge in [0.2, 0.25) is 17.7 Å². The summed E-state index contributed by atoms with van der Waals surface area (Å²) in [5, 5.41) is 26.0. The van der Waals surface area contributed by atoms with Crippen LogP contribution in [-0.4, -0.2) is 86.0 Å². The maximum Gasteiger partial charge on any atom is 0.326 e. The molecule has 0 saturated carbocycles. The molecule has 1 heterocycles. The van der Waals surface area contributed by atoms with Crippen molar-refractivity contribution in [2.75, 3.05) is 12.0 Å². The Morgan fingerprint density at radius 1 is 0.947 bits per heavy atom. The molecule has 38 heavy (non-hydrogen) atoms. The van der Waals surface area contributed by atoms with Crippen molar-refractivity contribution in [3.8, 4) is 0 Å². The van der Waals surface area contributed by atoms with E-state index < -0.39 is 60.2 Å². The number of carboxylic acid groups (broad SMARTS) is 2. The highest BCUT2D eigenvalue weighted by Crippen LogP contribution is 2.07. The largest absolute Gasteiger partial charge is 0.481 e. The van der Waals surface area contributed by atoms with Gasteiger partial charge < -0.3 is 36.9 Å². The highest BCUT2D eigenvalue weighted by atomic mass is 32.2. The second-order valence-corrected chi connectivity index (χ2v) is 9.46. The van der Waals surface area contributed by atoms with Gasteiger partial charge >= 0.3 is 11.9 Å². The summed E-state index contributed by atoms with van der Waals surface area (Å²) in [7, 11) is 0. The topological polar surface area (TPSA) is 217 Å². The zero-order valence-electron chi connectivity index (χ0n) is 20.8. The Kier molecular flexibility index (Phi) is 12.3. The number of benzene rings is 1. The lowest BCUT2D eigenvalue weighted by molar-refractivity contribution is -0.143. The highest BCUT2D eigenvalue weighted by molar-refractivity contribution is 7.98. The minimum Gasteiger partial charge on any atom is -0.481 e. The molecule has 0 bridgehead atoms. The lowest BCUT2D eigenvalue weighted by Crippen LogP contribution is -2.58. The average Bonchev–Trinajstić information content (AvgIpc) is 3.38. The smallest absolute Gasteiger partial charge is 0.326 e. The first kappa shape index (κ1) is 30.3. The Labute approximate surface area is 223 Å². The van der Waals surface area contributed by atoms with Crippen LogP contribution in [0.5, 0.6) is 0 Å². The number of nitrogens with two attached hydrogens (primary N) is 1. The third-order valence-corrected chi connectivity index (χ3v) is 6.13. The van der Waals surface area contributed by atoms with E-state index in [0.717, 1.165) is 5.56 Å². The molecule has 4 unspecified atom stereocenters. The monoisotopic (exact) mass is 548 g/mol. The molecule has 0 fully saturated rings. The Hall–Kier alpha value is -3.91. The fourth-order valence-corrected chi connectivity index (χ4v) is 3.96. The van der Waals surface area contributed by atoms with Gasteiger partial charge in [-0.15, -0.1) is 0 Å². The van der Waals surface area contributed by atoms with Crippen LogP contribution in [0.15, 0.2) is 42.9 Å². The molecule has 0 aliphatic carbocycles. The fraction of sp³-hybridized carbons (Fsp3) is 0.417. The summed E-state index contributed by atoms with van der Waals surface area (Å²) in [5.41, 5.74) is 7.30. The number of H-pyrrole nitrogens is 1. The number of carboxylic acids is 2. The number of hydrogen-bond donors (Lipinski definition) is 7. The molecule has 1 aromatic heterocycles. The predicted octanol–water partition coefficient (Wildman–Crippen LogP) is -0.711. The first-order valence-electron chi connectivity index (χ1n) is 11.7. The first-order chi connectivity index (χ1) is 18.1. The van der Waals surface area contributed by atoms with Gasteiger partial charge in [0, 0.05) is 18.3 Å². The fourth-order valence-electron chi connectivity index (χ4n) is 3.49. The van der Waals surface area contributed by atoms with E-state index in [1.54, 1.807) is 0 Å². The number of thioether (sulfide) groups is 1. The second kappa shape index (κ2) is 15.4. The number of nitrogens with one attached hydrogen (secondary N) is 4. The van der Waals surface area contributed by atoms with Crippen molar-refractivity contribution in [1.82, 2.24) is 25.9 Å². The summed E-state index contributed by atoms with van der Waals surface area (Å²) in [6.45, 7) is 0. The van der Waals surface area contributed by atoms with E-state index in [-0.39, 0.29) is 19.3 Å². The van der Waals surface area contributed by atoms with Crippen molar-refractivity contribution in [1.29, 1.82) is 0 Å². The van der Waals surface area contributed by atoms with Crippen molar-refractivity contribution in [2.24, 2.45) is 5.73 Å². The number of rotatable bonds is 16. The van der Waals surface area contributed by atoms with E-state index in [1.807, 2.05) is 36.6 Å². The molecule has 14 heteroatoms. The van der Waals surface area contributed by atoms with Gasteiger partial charge in [-0.1, -0.05) is 30.3 Å². The third kappa shape index (κ3) is 10.2. The quantitative estimate of drug-likeness (QED) is 0.140. The minimum absolute atomic E-state index is 0.138. The number of nitrogens with zero attached hydrogens (tertiary/aromatic N) is 1.